The second-order valence-electron chi connectivity index (χ2n) is 4.34. The summed E-state index contributed by atoms with van der Waals surface area (Å²) in [6.07, 6.45) is -0.713. The molecule has 1 aliphatic heterocycles. The Morgan fingerprint density at radius 2 is 1.89 bits per heavy atom. The van der Waals surface area contributed by atoms with E-state index in [1.165, 1.54) is 12.1 Å². The van der Waals surface area contributed by atoms with Crippen molar-refractivity contribution < 1.29 is 14.5 Å². The molecule has 19 heavy (non-hydrogen) atoms. The van der Waals surface area contributed by atoms with E-state index in [0.717, 1.165) is 5.56 Å². The largest absolute Gasteiger partial charge is 0.354 e. The van der Waals surface area contributed by atoms with Crippen LogP contribution in [0.4, 0.5) is 5.69 Å². The van der Waals surface area contributed by atoms with Crippen molar-refractivity contribution in [2.24, 2.45) is 0 Å². The van der Waals surface area contributed by atoms with E-state index in [0.29, 0.717) is 13.1 Å². The van der Waals surface area contributed by atoms with Gasteiger partial charge in [-0.25, -0.2) is 0 Å². The third-order valence-electron chi connectivity index (χ3n) is 3.24. The lowest BCUT2D eigenvalue weighted by Gasteiger charge is -2.16. The zero-order valence-electron chi connectivity index (χ0n) is 10.9. The van der Waals surface area contributed by atoms with Crippen LogP contribution in [0.2, 0.25) is 0 Å². The Morgan fingerprint density at radius 1 is 1.32 bits per heavy atom. The zero-order valence-corrected chi connectivity index (χ0v) is 10.9. The maximum absolute atomic E-state index is 12.0. The maximum atomic E-state index is 12.0. The van der Waals surface area contributed by atoms with Crippen LogP contribution in [-0.2, 0) is 9.53 Å². The number of hydrogen-bond donors (Lipinski definition) is 0. The number of amides is 1. The Hall–Kier alpha value is -1.95. The fraction of sp³-hybridized carbons (Fsp3) is 0.462. The van der Waals surface area contributed by atoms with Crippen LogP contribution < -0.4 is 0 Å². The second kappa shape index (κ2) is 5.36. The summed E-state index contributed by atoms with van der Waals surface area (Å²) in [5.74, 6) is -0.0200. The Morgan fingerprint density at radius 3 is 2.37 bits per heavy atom. The van der Waals surface area contributed by atoms with Gasteiger partial charge in [-0.1, -0.05) is 0 Å². The molecule has 102 valence electrons. The first-order valence-corrected chi connectivity index (χ1v) is 6.27. The lowest BCUT2D eigenvalue weighted by molar-refractivity contribution is -0.384. The van der Waals surface area contributed by atoms with Crippen molar-refractivity contribution in [2.45, 2.75) is 26.1 Å². The third kappa shape index (κ3) is 2.73. The van der Waals surface area contributed by atoms with E-state index in [9.17, 15) is 14.9 Å². The van der Waals surface area contributed by atoms with Gasteiger partial charge >= 0.3 is 0 Å². The van der Waals surface area contributed by atoms with Gasteiger partial charge in [-0.3, -0.25) is 14.9 Å². The fourth-order valence-electron chi connectivity index (χ4n) is 2.05. The van der Waals surface area contributed by atoms with Crippen molar-refractivity contribution in [1.29, 1.82) is 0 Å². The third-order valence-corrected chi connectivity index (χ3v) is 3.24. The number of carbonyl (C=O) groups is 1. The number of epoxide rings is 1. The van der Waals surface area contributed by atoms with Crippen molar-refractivity contribution in [2.75, 3.05) is 13.1 Å². The first-order valence-electron chi connectivity index (χ1n) is 6.27. The average Bonchev–Trinajstić information content (AvgIpc) is 3.20. The van der Waals surface area contributed by atoms with Gasteiger partial charge in [0.25, 0.3) is 11.6 Å². The fourth-order valence-corrected chi connectivity index (χ4v) is 2.05. The van der Waals surface area contributed by atoms with Crippen molar-refractivity contribution in [3.8, 4) is 0 Å². The lowest BCUT2D eigenvalue weighted by atomic mass is 10.1. The van der Waals surface area contributed by atoms with Crippen molar-refractivity contribution in [3.05, 3.63) is 39.9 Å². The number of hydrogen-bond acceptors (Lipinski definition) is 4. The van der Waals surface area contributed by atoms with Gasteiger partial charge in [-0.05, 0) is 31.5 Å². The summed E-state index contributed by atoms with van der Waals surface area (Å²) in [5, 5.41) is 10.6. The molecule has 0 bridgehead atoms. The average molecular weight is 264 g/mol. The molecular weight excluding hydrogens is 248 g/mol. The van der Waals surface area contributed by atoms with Crippen LogP contribution in [0.5, 0.6) is 0 Å². The molecule has 0 aliphatic carbocycles. The van der Waals surface area contributed by atoms with Gasteiger partial charge in [-0.2, -0.15) is 0 Å². The predicted molar refractivity (Wildman–Crippen MR) is 68.6 cm³/mol. The lowest BCUT2D eigenvalue weighted by Crippen LogP contribution is -2.34. The van der Waals surface area contributed by atoms with Crippen LogP contribution in [0.3, 0.4) is 0 Å². The normalized spacial score (nSPS) is 20.9. The van der Waals surface area contributed by atoms with Gasteiger partial charge in [0.05, 0.1) is 4.92 Å². The number of carbonyl (C=O) groups excluding carboxylic acids is 1. The van der Waals surface area contributed by atoms with Crippen LogP contribution in [0, 0.1) is 10.1 Å². The van der Waals surface area contributed by atoms with E-state index in [-0.39, 0.29) is 17.7 Å². The highest BCUT2D eigenvalue weighted by molar-refractivity contribution is 5.84. The van der Waals surface area contributed by atoms with Gasteiger partial charge in [-0.15, -0.1) is 0 Å². The topological polar surface area (TPSA) is 76.0 Å². The predicted octanol–water partition coefficient (Wildman–Crippen LogP) is 1.90. The maximum Gasteiger partial charge on any atom is 0.269 e. The summed E-state index contributed by atoms with van der Waals surface area (Å²) in [5.41, 5.74) is 0.840. The Kier molecular flexibility index (Phi) is 3.80. The Labute approximate surface area is 111 Å². The summed E-state index contributed by atoms with van der Waals surface area (Å²) in [7, 11) is 0. The standard InChI is InChI=1S/C13H16N2O4/c1-3-14(4-2)13(16)12-11(19-12)9-5-7-10(8-6-9)15(17)18/h5-8,11-12H,3-4H2,1-2H3/t11-,12-/m1/s1. The molecule has 6 heteroatoms. The molecule has 2 rings (SSSR count). The molecule has 2 atom stereocenters. The van der Waals surface area contributed by atoms with E-state index in [1.54, 1.807) is 17.0 Å². The number of nitrogens with zero attached hydrogens (tertiary/aromatic N) is 2. The second-order valence-corrected chi connectivity index (χ2v) is 4.34. The summed E-state index contributed by atoms with van der Waals surface area (Å²) < 4.78 is 5.39. The van der Waals surface area contributed by atoms with E-state index in [2.05, 4.69) is 0 Å². The minimum absolute atomic E-state index is 0.0200. The molecule has 0 unspecified atom stereocenters. The van der Waals surface area contributed by atoms with Gasteiger partial charge in [0.15, 0.2) is 6.10 Å². The summed E-state index contributed by atoms with van der Waals surface area (Å²) in [6.45, 7) is 5.15. The number of likely N-dealkylation sites (N-methyl/N-ethyl adjacent to an activating group) is 1. The number of benzene rings is 1. The smallest absolute Gasteiger partial charge is 0.269 e. The van der Waals surface area contributed by atoms with E-state index in [1.807, 2.05) is 13.8 Å². The molecule has 1 aromatic carbocycles. The molecule has 6 nitrogen and oxygen atoms in total. The monoisotopic (exact) mass is 264 g/mol. The number of nitro groups is 1. The van der Waals surface area contributed by atoms with Crippen LogP contribution >= 0.6 is 0 Å². The summed E-state index contributed by atoms with van der Waals surface area (Å²) in [4.78, 5) is 23.8. The summed E-state index contributed by atoms with van der Waals surface area (Å²) >= 11 is 0. The molecule has 1 saturated heterocycles. The molecule has 0 spiro atoms. The molecule has 1 aliphatic rings. The molecule has 1 amide bonds. The van der Waals surface area contributed by atoms with Crippen LogP contribution in [0.25, 0.3) is 0 Å². The highest BCUT2D eigenvalue weighted by Crippen LogP contribution is 2.40. The van der Waals surface area contributed by atoms with Gasteiger partial charge in [0.1, 0.15) is 6.10 Å². The Bertz CT molecular complexity index is 482. The van der Waals surface area contributed by atoms with Gasteiger partial charge < -0.3 is 9.64 Å². The highest BCUT2D eigenvalue weighted by Gasteiger charge is 2.47. The molecule has 1 heterocycles. The minimum Gasteiger partial charge on any atom is -0.354 e. The van der Waals surface area contributed by atoms with E-state index >= 15 is 0 Å². The highest BCUT2D eigenvalue weighted by atomic mass is 16.6. The molecule has 0 radical (unpaired) electrons. The van der Waals surface area contributed by atoms with E-state index in [4.69, 9.17) is 4.74 Å². The molecular formula is C13H16N2O4. The van der Waals surface area contributed by atoms with Crippen LogP contribution in [0.1, 0.15) is 25.5 Å². The number of ether oxygens (including phenoxy) is 1. The van der Waals surface area contributed by atoms with Crippen molar-refractivity contribution in [1.82, 2.24) is 4.90 Å². The number of non-ortho nitro benzene ring substituents is 1. The number of nitro benzene ring substituents is 1. The Balaban J connectivity index is 2.02. The molecule has 0 N–H and O–H groups in total. The number of rotatable bonds is 5. The molecule has 0 aromatic heterocycles. The van der Waals surface area contributed by atoms with Crippen LogP contribution in [-0.4, -0.2) is 34.9 Å². The minimum atomic E-state index is -0.448. The van der Waals surface area contributed by atoms with Crippen molar-refractivity contribution >= 4 is 11.6 Å². The molecule has 1 aromatic rings. The first kappa shape index (κ1) is 13.5. The summed E-state index contributed by atoms with van der Waals surface area (Å²) in [6, 6.07) is 6.13. The first-order chi connectivity index (χ1) is 9.08. The van der Waals surface area contributed by atoms with Gasteiger partial charge in [0.2, 0.25) is 0 Å². The quantitative estimate of drug-likeness (QED) is 0.462. The SMILES string of the molecule is CCN(CC)C(=O)[C@@H]1O[C@@H]1c1ccc([N+](=O)[O-])cc1. The zero-order chi connectivity index (χ0) is 14.0. The van der Waals surface area contributed by atoms with Crippen molar-refractivity contribution in [3.63, 3.8) is 0 Å². The van der Waals surface area contributed by atoms with E-state index < -0.39 is 11.0 Å². The molecule has 0 saturated carbocycles. The van der Waals surface area contributed by atoms with Crippen LogP contribution in [0.15, 0.2) is 24.3 Å². The van der Waals surface area contributed by atoms with Gasteiger partial charge in [0, 0.05) is 25.2 Å². The molecule has 1 fully saturated rings.